The molecule has 9 heteroatoms. The minimum Gasteiger partial charge on any atom is -0.358 e. The van der Waals surface area contributed by atoms with Gasteiger partial charge in [0.15, 0.2) is 11.6 Å². The summed E-state index contributed by atoms with van der Waals surface area (Å²) < 4.78 is 41.2. The Hall–Kier alpha value is -2.71. The number of nitrogens with zero attached hydrogens (tertiary/aromatic N) is 2. The molecular formula is C16H10ClFN4O2S. The van der Waals surface area contributed by atoms with Crippen molar-refractivity contribution in [2.75, 3.05) is 4.72 Å². The zero-order valence-corrected chi connectivity index (χ0v) is 14.1. The zero-order valence-electron chi connectivity index (χ0n) is 12.5. The van der Waals surface area contributed by atoms with Gasteiger partial charge >= 0.3 is 0 Å². The number of rotatable bonds is 3. The summed E-state index contributed by atoms with van der Waals surface area (Å²) in [6, 6.07) is 10.1. The third-order valence-corrected chi connectivity index (χ3v) is 5.20. The minimum atomic E-state index is -4.09. The maximum Gasteiger partial charge on any atom is 0.266 e. The largest absolute Gasteiger partial charge is 0.358 e. The predicted octanol–water partition coefficient (Wildman–Crippen LogP) is 3.70. The van der Waals surface area contributed by atoms with E-state index in [1.807, 2.05) is 18.2 Å². The smallest absolute Gasteiger partial charge is 0.266 e. The number of para-hydroxylation sites is 1. The number of pyridine rings is 2. The molecule has 0 fully saturated rings. The van der Waals surface area contributed by atoms with E-state index in [4.69, 9.17) is 11.6 Å². The van der Waals surface area contributed by atoms with Gasteiger partial charge in [-0.3, -0.25) is 4.72 Å². The normalized spacial score (nSPS) is 11.9. The Morgan fingerprint density at radius 2 is 2.00 bits per heavy atom. The van der Waals surface area contributed by atoms with Gasteiger partial charge in [-0.05, 0) is 18.2 Å². The quantitative estimate of drug-likeness (QED) is 0.570. The van der Waals surface area contributed by atoms with Crippen molar-refractivity contribution < 1.29 is 12.8 Å². The second-order valence-corrected chi connectivity index (χ2v) is 7.41. The highest BCUT2D eigenvalue weighted by molar-refractivity contribution is 7.93. The molecule has 6 nitrogen and oxygen atoms in total. The Bertz CT molecular complexity index is 1220. The Balaban J connectivity index is 1.83. The summed E-state index contributed by atoms with van der Waals surface area (Å²) in [6.45, 7) is 0. The number of benzene rings is 1. The van der Waals surface area contributed by atoms with Gasteiger partial charge in [0, 0.05) is 17.8 Å². The van der Waals surface area contributed by atoms with E-state index in [2.05, 4.69) is 19.7 Å². The number of nitrogens with one attached hydrogen (secondary N) is 2. The number of hydrogen-bond donors (Lipinski definition) is 2. The molecule has 0 bridgehead atoms. The van der Waals surface area contributed by atoms with Gasteiger partial charge in [-0.25, -0.2) is 22.8 Å². The molecule has 0 unspecified atom stereocenters. The van der Waals surface area contributed by atoms with Crippen molar-refractivity contribution in [3.8, 4) is 0 Å². The van der Waals surface area contributed by atoms with Crippen LogP contribution in [0.2, 0.25) is 5.02 Å². The molecule has 0 radical (unpaired) electrons. The highest BCUT2D eigenvalue weighted by atomic mass is 35.5. The van der Waals surface area contributed by atoms with Crippen molar-refractivity contribution in [2.45, 2.75) is 4.90 Å². The number of halogens is 2. The van der Waals surface area contributed by atoms with Crippen LogP contribution in [0.5, 0.6) is 0 Å². The first-order chi connectivity index (χ1) is 11.9. The molecule has 3 aromatic heterocycles. The molecule has 0 saturated heterocycles. The Kier molecular flexibility index (Phi) is 3.59. The third-order valence-electron chi connectivity index (χ3n) is 3.64. The lowest BCUT2D eigenvalue weighted by Crippen LogP contribution is -2.15. The van der Waals surface area contributed by atoms with Crippen molar-refractivity contribution in [2.24, 2.45) is 0 Å². The summed E-state index contributed by atoms with van der Waals surface area (Å²) in [6.07, 6.45) is 2.47. The third kappa shape index (κ3) is 2.79. The highest BCUT2D eigenvalue weighted by Crippen LogP contribution is 2.27. The van der Waals surface area contributed by atoms with Gasteiger partial charge in [0.25, 0.3) is 10.0 Å². The molecule has 4 rings (SSSR count). The van der Waals surface area contributed by atoms with Gasteiger partial charge in [-0.15, -0.1) is 0 Å². The lowest BCUT2D eigenvalue weighted by molar-refractivity contribution is 0.598. The number of sulfonamides is 1. The fourth-order valence-electron chi connectivity index (χ4n) is 2.50. The number of hydrogen-bond acceptors (Lipinski definition) is 4. The highest BCUT2D eigenvalue weighted by Gasteiger charge is 2.22. The lowest BCUT2D eigenvalue weighted by atomic mass is 10.2. The van der Waals surface area contributed by atoms with Crippen LogP contribution in [0.4, 0.5) is 10.2 Å². The molecule has 0 aliphatic rings. The van der Waals surface area contributed by atoms with E-state index in [0.717, 1.165) is 17.6 Å². The first kappa shape index (κ1) is 15.8. The predicted molar refractivity (Wildman–Crippen MR) is 93.6 cm³/mol. The molecule has 3 heterocycles. The van der Waals surface area contributed by atoms with E-state index in [1.165, 1.54) is 6.20 Å². The van der Waals surface area contributed by atoms with E-state index in [0.29, 0.717) is 11.0 Å². The van der Waals surface area contributed by atoms with Crippen LogP contribution >= 0.6 is 11.6 Å². The standard InChI is InChI=1S/C16H10ClFN4O2S/c17-10-6-11(18)16(20-7-10)22-25(23,24)14-8-19-13-5-9-3-1-2-4-12(9)21-15(13)14/h1-8,19H,(H,20,22). The zero-order chi connectivity index (χ0) is 17.6. The van der Waals surface area contributed by atoms with Gasteiger partial charge in [0.05, 0.1) is 16.1 Å². The maximum atomic E-state index is 13.8. The Morgan fingerprint density at radius 1 is 1.20 bits per heavy atom. The van der Waals surface area contributed by atoms with Gasteiger partial charge in [0.1, 0.15) is 10.4 Å². The topological polar surface area (TPSA) is 87.7 Å². The molecule has 25 heavy (non-hydrogen) atoms. The second kappa shape index (κ2) is 5.68. The fraction of sp³-hybridized carbons (Fsp3) is 0. The number of H-pyrrole nitrogens is 1. The van der Waals surface area contributed by atoms with Crippen molar-refractivity contribution in [3.05, 3.63) is 59.6 Å². The molecule has 4 aromatic rings. The van der Waals surface area contributed by atoms with Crippen LogP contribution in [-0.4, -0.2) is 23.4 Å². The summed E-state index contributed by atoms with van der Waals surface area (Å²) in [4.78, 5) is 10.9. The fourth-order valence-corrected chi connectivity index (χ4v) is 3.79. The van der Waals surface area contributed by atoms with Crippen LogP contribution in [-0.2, 0) is 10.0 Å². The van der Waals surface area contributed by atoms with E-state index in [-0.39, 0.29) is 15.4 Å². The van der Waals surface area contributed by atoms with E-state index in [1.54, 1.807) is 12.1 Å². The SMILES string of the molecule is O=S(=O)(Nc1ncc(Cl)cc1F)c1c[nH]c2cc3ccccc3nc12. The lowest BCUT2D eigenvalue weighted by Gasteiger charge is -2.07. The van der Waals surface area contributed by atoms with Crippen molar-refractivity contribution in [3.63, 3.8) is 0 Å². The molecule has 0 amide bonds. The van der Waals surface area contributed by atoms with E-state index < -0.39 is 21.7 Å². The number of aromatic amines is 1. The molecule has 0 spiro atoms. The second-order valence-electron chi connectivity index (χ2n) is 5.32. The summed E-state index contributed by atoms with van der Waals surface area (Å²) in [5, 5.41) is 0.944. The maximum absolute atomic E-state index is 13.8. The minimum absolute atomic E-state index is 0.0701. The van der Waals surface area contributed by atoms with Crippen LogP contribution in [0.1, 0.15) is 0 Å². The molecule has 126 valence electrons. The number of fused-ring (bicyclic) bond motifs is 2. The first-order valence-corrected chi connectivity index (χ1v) is 9.01. The molecule has 2 N–H and O–H groups in total. The summed E-state index contributed by atoms with van der Waals surface area (Å²) in [5.74, 6) is -1.30. The van der Waals surface area contributed by atoms with Crippen LogP contribution in [0.25, 0.3) is 21.9 Å². The number of anilines is 1. The van der Waals surface area contributed by atoms with Gasteiger partial charge < -0.3 is 4.98 Å². The Labute approximate surface area is 146 Å². The number of aromatic nitrogens is 3. The molecule has 0 saturated carbocycles. The van der Waals surface area contributed by atoms with E-state index >= 15 is 0 Å². The molecular weight excluding hydrogens is 367 g/mol. The van der Waals surface area contributed by atoms with Gasteiger partial charge in [-0.1, -0.05) is 29.8 Å². The van der Waals surface area contributed by atoms with Crippen LogP contribution in [0, 0.1) is 5.82 Å². The first-order valence-electron chi connectivity index (χ1n) is 7.15. The average molecular weight is 377 g/mol. The molecule has 0 atom stereocenters. The Morgan fingerprint density at radius 3 is 2.80 bits per heavy atom. The van der Waals surface area contributed by atoms with E-state index in [9.17, 15) is 12.8 Å². The summed E-state index contributed by atoms with van der Waals surface area (Å²) >= 11 is 5.63. The van der Waals surface area contributed by atoms with Crippen LogP contribution in [0.3, 0.4) is 0 Å². The molecule has 0 aliphatic carbocycles. The van der Waals surface area contributed by atoms with Crippen LogP contribution < -0.4 is 4.72 Å². The molecule has 1 aromatic carbocycles. The van der Waals surface area contributed by atoms with Crippen molar-refractivity contribution in [1.82, 2.24) is 15.0 Å². The summed E-state index contributed by atoms with van der Waals surface area (Å²) in [5.41, 5.74) is 1.48. The van der Waals surface area contributed by atoms with Crippen molar-refractivity contribution >= 4 is 49.4 Å². The van der Waals surface area contributed by atoms with Gasteiger partial charge in [-0.2, -0.15) is 0 Å². The average Bonchev–Trinajstić information content (AvgIpc) is 2.99. The monoisotopic (exact) mass is 376 g/mol. The summed E-state index contributed by atoms with van der Waals surface area (Å²) in [7, 11) is -4.09. The van der Waals surface area contributed by atoms with Gasteiger partial charge in [0.2, 0.25) is 0 Å². The van der Waals surface area contributed by atoms with Crippen molar-refractivity contribution in [1.29, 1.82) is 0 Å². The van der Waals surface area contributed by atoms with Crippen LogP contribution in [0.15, 0.2) is 53.7 Å². The molecule has 0 aliphatic heterocycles.